The molecule has 4 heterocycles. The van der Waals surface area contributed by atoms with Gasteiger partial charge in [-0.05, 0) is 110 Å². The van der Waals surface area contributed by atoms with Gasteiger partial charge in [0.15, 0.2) is 5.82 Å². The standard InChI is InChI=1S/C64H37N5O/c1-2-14-36(15-3-1)39-21-13-27-55-57(39)46-31-29-38(34-56(46)70-55)61-65-62(68-51-24-10-6-19-43(51)44-20-7-11-25-52(44)68)67-63(66-61)69-53-26-12-16-37-28-30-42-40-17-4-8-22-48(40)64-49-23-9-5-18-41(49)45-32-33-54(69)59(60(45)64)58(53)47(37)35-50(42)64/h1-35,45,60H. The van der Waals surface area contributed by atoms with Crippen LogP contribution in [0.15, 0.2) is 216 Å². The predicted octanol–water partition coefficient (Wildman–Crippen LogP) is 14.9. The van der Waals surface area contributed by atoms with E-state index < -0.39 is 5.41 Å². The van der Waals surface area contributed by atoms with Crippen molar-refractivity contribution in [2.24, 2.45) is 0 Å². The molecule has 0 radical (unpaired) electrons. The quantitative estimate of drug-likeness (QED) is 0.177. The molecule has 2 bridgehead atoms. The second-order valence-electron chi connectivity index (χ2n) is 19.4. The number of rotatable bonds is 4. The second-order valence-corrected chi connectivity index (χ2v) is 19.4. The molecule has 0 N–H and O–H groups in total. The van der Waals surface area contributed by atoms with Gasteiger partial charge >= 0.3 is 0 Å². The van der Waals surface area contributed by atoms with Crippen LogP contribution in [0.4, 0.5) is 0 Å². The Bertz CT molecular complexity index is 4380. The predicted molar refractivity (Wildman–Crippen MR) is 281 cm³/mol. The molecule has 70 heavy (non-hydrogen) atoms. The zero-order valence-electron chi connectivity index (χ0n) is 37.5. The summed E-state index contributed by atoms with van der Waals surface area (Å²) < 4.78 is 11.3. The third-order valence-corrected chi connectivity index (χ3v) is 16.2. The highest BCUT2D eigenvalue weighted by molar-refractivity contribution is 6.13. The fourth-order valence-corrected chi connectivity index (χ4v) is 13.6. The van der Waals surface area contributed by atoms with Crippen molar-refractivity contribution in [3.05, 3.63) is 256 Å². The van der Waals surface area contributed by atoms with Crippen molar-refractivity contribution in [2.75, 3.05) is 0 Å². The number of benzene rings is 7. The Labute approximate surface area is 401 Å². The molecule has 3 atom stereocenters. The van der Waals surface area contributed by atoms with Gasteiger partial charge in [0.1, 0.15) is 11.2 Å². The first-order chi connectivity index (χ1) is 34.7. The van der Waals surface area contributed by atoms with Gasteiger partial charge in [-0.25, -0.2) is 0 Å². The van der Waals surface area contributed by atoms with Crippen LogP contribution >= 0.6 is 0 Å². The Morgan fingerprint density at radius 2 is 1.29 bits per heavy atom. The molecule has 4 aromatic heterocycles. The van der Waals surface area contributed by atoms with Crippen molar-refractivity contribution in [2.45, 2.75) is 17.3 Å². The van der Waals surface area contributed by atoms with Crippen LogP contribution in [0.25, 0.3) is 101 Å². The van der Waals surface area contributed by atoms with Crippen LogP contribution < -0.4 is 0 Å². The molecule has 0 saturated carbocycles. The molecule has 1 spiro atoms. The van der Waals surface area contributed by atoms with Gasteiger partial charge < -0.3 is 4.42 Å². The molecule has 0 aliphatic heterocycles. The van der Waals surface area contributed by atoms with Crippen LogP contribution in [0, 0.1) is 0 Å². The van der Waals surface area contributed by atoms with Crippen molar-refractivity contribution >= 4 is 67.0 Å². The van der Waals surface area contributed by atoms with E-state index in [0.717, 1.165) is 71.8 Å². The van der Waals surface area contributed by atoms with Crippen molar-refractivity contribution in [1.82, 2.24) is 24.1 Å². The van der Waals surface area contributed by atoms with Crippen LogP contribution in [0.5, 0.6) is 0 Å². The maximum absolute atomic E-state index is 6.72. The molecular formula is C64H37N5O. The minimum Gasteiger partial charge on any atom is -0.456 e. The van der Waals surface area contributed by atoms with Crippen molar-refractivity contribution < 1.29 is 4.42 Å². The van der Waals surface area contributed by atoms with Gasteiger partial charge in [0.05, 0.1) is 27.8 Å². The first kappa shape index (κ1) is 36.9. The summed E-state index contributed by atoms with van der Waals surface area (Å²) in [5, 5.41) is 4.42. The normalized spacial score (nSPS) is 19.4. The van der Waals surface area contributed by atoms with Crippen LogP contribution in [0.3, 0.4) is 0 Å². The summed E-state index contributed by atoms with van der Waals surface area (Å²) in [5.41, 5.74) is 21.9. The lowest BCUT2D eigenvalue weighted by Gasteiger charge is -2.38. The van der Waals surface area contributed by atoms with E-state index in [0.29, 0.717) is 17.7 Å². The van der Waals surface area contributed by atoms with E-state index in [1.807, 2.05) is 0 Å². The summed E-state index contributed by atoms with van der Waals surface area (Å²) in [4.78, 5) is 16.7. The summed E-state index contributed by atoms with van der Waals surface area (Å²) >= 11 is 0. The zero-order chi connectivity index (χ0) is 45.4. The van der Waals surface area contributed by atoms with E-state index >= 15 is 0 Å². The van der Waals surface area contributed by atoms with E-state index in [1.54, 1.807) is 0 Å². The minimum absolute atomic E-state index is 0.0935. The number of nitrogens with zero attached hydrogens (tertiary/aromatic N) is 5. The van der Waals surface area contributed by atoms with Crippen LogP contribution in [-0.4, -0.2) is 24.1 Å². The third-order valence-electron chi connectivity index (χ3n) is 16.2. The molecule has 0 amide bonds. The Morgan fingerprint density at radius 3 is 2.14 bits per heavy atom. The number of hydrogen-bond donors (Lipinski definition) is 0. The summed E-state index contributed by atoms with van der Waals surface area (Å²) in [6.07, 6.45) is 18.9. The van der Waals surface area contributed by atoms with Gasteiger partial charge in [0.2, 0.25) is 11.9 Å². The highest BCUT2D eigenvalue weighted by Gasteiger charge is 2.62. The molecule has 0 saturated heterocycles. The van der Waals surface area contributed by atoms with Crippen LogP contribution in [0.1, 0.15) is 56.6 Å². The number of allylic oxidation sites excluding steroid dienone is 10. The first-order valence-electron chi connectivity index (χ1n) is 24.2. The maximum atomic E-state index is 6.72. The molecule has 6 aliphatic rings. The molecule has 6 heteroatoms. The number of hydrogen-bond acceptors (Lipinski definition) is 4. The first-order valence-corrected chi connectivity index (χ1v) is 24.2. The highest BCUT2D eigenvalue weighted by atomic mass is 16.3. The Kier molecular flexibility index (Phi) is 6.91. The lowest BCUT2D eigenvalue weighted by molar-refractivity contribution is 0.496. The molecule has 3 unspecified atom stereocenters. The lowest BCUT2D eigenvalue weighted by atomic mass is 9.62. The van der Waals surface area contributed by atoms with Gasteiger partial charge in [0, 0.05) is 44.5 Å². The van der Waals surface area contributed by atoms with E-state index in [9.17, 15) is 0 Å². The molecule has 7 aromatic carbocycles. The van der Waals surface area contributed by atoms with Gasteiger partial charge in [-0.2, -0.15) is 15.0 Å². The number of furan rings is 1. The van der Waals surface area contributed by atoms with Crippen molar-refractivity contribution in [3.63, 3.8) is 0 Å². The fourth-order valence-electron chi connectivity index (χ4n) is 13.6. The third kappa shape index (κ3) is 4.48. The molecule has 6 nitrogen and oxygen atoms in total. The van der Waals surface area contributed by atoms with Gasteiger partial charge in [-0.3, -0.25) is 9.13 Å². The molecule has 324 valence electrons. The highest BCUT2D eigenvalue weighted by Crippen LogP contribution is 2.71. The smallest absolute Gasteiger partial charge is 0.240 e. The van der Waals surface area contributed by atoms with Gasteiger partial charge in [0.25, 0.3) is 0 Å². The Hall–Kier alpha value is -9.13. The topological polar surface area (TPSA) is 61.7 Å². The second kappa shape index (κ2) is 13.1. The zero-order valence-corrected chi connectivity index (χ0v) is 37.5. The number of para-hydroxylation sites is 2. The largest absolute Gasteiger partial charge is 0.456 e. The number of fused-ring (bicyclic) bond motifs is 10. The lowest BCUT2D eigenvalue weighted by Crippen LogP contribution is -2.33. The molecule has 17 rings (SSSR count). The summed E-state index contributed by atoms with van der Waals surface area (Å²) in [6, 6.07) is 58.8. The molecule has 6 aliphatic carbocycles. The maximum Gasteiger partial charge on any atom is 0.240 e. The van der Waals surface area contributed by atoms with E-state index in [1.165, 1.54) is 55.7 Å². The monoisotopic (exact) mass is 891 g/mol. The van der Waals surface area contributed by atoms with Gasteiger partial charge in [-0.15, -0.1) is 0 Å². The Balaban J connectivity index is 0.963. The van der Waals surface area contributed by atoms with Crippen molar-refractivity contribution in [3.8, 4) is 34.4 Å². The average molecular weight is 892 g/mol. The van der Waals surface area contributed by atoms with E-state index in [2.05, 4.69) is 222 Å². The molecule has 11 aromatic rings. The fraction of sp³-hybridized carbons (Fsp3) is 0.0469. The molecule has 0 fully saturated rings. The molecular weight excluding hydrogens is 855 g/mol. The summed E-state index contributed by atoms with van der Waals surface area (Å²) in [5.74, 6) is 1.93. The van der Waals surface area contributed by atoms with Gasteiger partial charge in [-0.1, -0.05) is 164 Å². The SMILES string of the molecule is C1=Cc2c3c4c(n2-c2nc(-c5ccc6c(c5)oc5cccc(-c7ccccc7)c56)nc(-n5c6ccccc6c6ccccc65)n2)C=CC2c5ccccc5C5(C6=C(C=CC(=C1)C3=C6)c1ccccc15)C42. The Morgan fingerprint density at radius 1 is 0.543 bits per heavy atom. The van der Waals surface area contributed by atoms with E-state index in [-0.39, 0.29) is 11.8 Å². The summed E-state index contributed by atoms with van der Waals surface area (Å²) in [7, 11) is 0. The average Bonchev–Trinajstić information content (AvgIpc) is 4.12. The summed E-state index contributed by atoms with van der Waals surface area (Å²) in [6.45, 7) is 0. The van der Waals surface area contributed by atoms with Crippen molar-refractivity contribution in [1.29, 1.82) is 0 Å². The van der Waals surface area contributed by atoms with E-state index in [4.69, 9.17) is 19.4 Å². The number of aromatic nitrogens is 5. The minimum atomic E-state index is -0.393. The van der Waals surface area contributed by atoms with Crippen LogP contribution in [0.2, 0.25) is 0 Å². The van der Waals surface area contributed by atoms with Crippen LogP contribution in [-0.2, 0) is 5.41 Å².